The smallest absolute Gasteiger partial charge is 0.102 e. The zero-order valence-corrected chi connectivity index (χ0v) is 30.2. The van der Waals surface area contributed by atoms with E-state index in [9.17, 15) is 10.5 Å². The normalized spacial score (nSPS) is 11.6. The van der Waals surface area contributed by atoms with Gasteiger partial charge in [-0.25, -0.2) is 0 Å². The second-order valence-corrected chi connectivity index (χ2v) is 14.9. The molecule has 0 radical (unpaired) electrons. The van der Waals surface area contributed by atoms with Crippen molar-refractivity contribution < 1.29 is 0 Å². The maximum absolute atomic E-state index is 11.6. The molecule has 0 aliphatic carbocycles. The molecule has 5 heteroatoms. The Labute approximate surface area is 320 Å². The molecule has 0 aliphatic rings. The number of fused-ring (bicyclic) bond motifs is 9. The summed E-state index contributed by atoms with van der Waals surface area (Å²) in [5, 5.41) is 30.0. The molecule has 0 amide bonds. The third kappa shape index (κ3) is 4.42. The number of thiophene rings is 1. The Balaban J connectivity index is 1.40. The molecule has 55 heavy (non-hydrogen) atoms. The lowest BCUT2D eigenvalue weighted by Crippen LogP contribution is -2.11. The molecule has 0 aliphatic heterocycles. The Morgan fingerprint density at radius 3 is 1.33 bits per heavy atom. The summed E-state index contributed by atoms with van der Waals surface area (Å²) in [7, 11) is 0. The van der Waals surface area contributed by atoms with Gasteiger partial charge in [-0.1, -0.05) is 133 Å². The predicted molar refractivity (Wildman–Crippen MR) is 228 cm³/mol. The molecule has 254 valence electrons. The van der Waals surface area contributed by atoms with Gasteiger partial charge < -0.3 is 9.13 Å². The monoisotopic (exact) mass is 716 g/mol. The summed E-state index contributed by atoms with van der Waals surface area (Å²) in [6.07, 6.45) is 0. The SMILES string of the molecule is N#Cc1c(-c2ccccc2)c(-n2c3ccccc3c3ccccc32)c(-c2ccccc2)c(C#N)c1-n1c2ccccc2c2cc3c(cc21)sc1ccccc13. The highest BCUT2D eigenvalue weighted by Crippen LogP contribution is 2.49. The van der Waals surface area contributed by atoms with Crippen LogP contribution in [0.1, 0.15) is 11.1 Å². The molecule has 3 aromatic heterocycles. The van der Waals surface area contributed by atoms with Gasteiger partial charge in [-0.2, -0.15) is 10.5 Å². The first kappa shape index (κ1) is 31.1. The Kier molecular flexibility index (Phi) is 6.82. The predicted octanol–water partition coefficient (Wildman–Crippen LogP) is 13.3. The van der Waals surface area contributed by atoms with E-state index < -0.39 is 0 Å². The highest BCUT2D eigenvalue weighted by molar-refractivity contribution is 7.25. The summed E-state index contributed by atoms with van der Waals surface area (Å²) >= 11 is 1.77. The van der Waals surface area contributed by atoms with Crippen molar-refractivity contribution in [3.8, 4) is 45.8 Å². The minimum atomic E-state index is 0.443. The van der Waals surface area contributed by atoms with Crippen LogP contribution in [0.25, 0.3) is 97.4 Å². The van der Waals surface area contributed by atoms with E-state index in [1.165, 1.54) is 15.5 Å². The quantitative estimate of drug-likeness (QED) is 0.182. The first-order valence-corrected chi connectivity index (χ1v) is 19.0. The number of nitrogens with zero attached hydrogens (tertiary/aromatic N) is 4. The van der Waals surface area contributed by atoms with Crippen LogP contribution >= 0.6 is 11.3 Å². The summed E-state index contributed by atoms with van der Waals surface area (Å²) in [6.45, 7) is 0. The first-order chi connectivity index (χ1) is 27.2. The highest BCUT2D eigenvalue weighted by atomic mass is 32.1. The maximum Gasteiger partial charge on any atom is 0.102 e. The zero-order chi connectivity index (χ0) is 36.6. The van der Waals surface area contributed by atoms with Crippen molar-refractivity contribution in [3.63, 3.8) is 0 Å². The van der Waals surface area contributed by atoms with E-state index in [0.717, 1.165) is 76.3 Å². The van der Waals surface area contributed by atoms with Crippen molar-refractivity contribution in [1.29, 1.82) is 10.5 Å². The van der Waals surface area contributed by atoms with Crippen LogP contribution < -0.4 is 0 Å². The van der Waals surface area contributed by atoms with Crippen molar-refractivity contribution in [1.82, 2.24) is 9.13 Å². The molecule has 0 saturated carbocycles. The van der Waals surface area contributed by atoms with Gasteiger partial charge in [-0.05, 0) is 47.5 Å². The van der Waals surface area contributed by atoms with Gasteiger partial charge in [0.15, 0.2) is 0 Å². The molecule has 0 bridgehead atoms. The lowest BCUT2D eigenvalue weighted by Gasteiger charge is -2.25. The summed E-state index contributed by atoms with van der Waals surface area (Å²) < 4.78 is 6.83. The minimum Gasteiger partial charge on any atom is -0.308 e. The average molecular weight is 717 g/mol. The van der Waals surface area contributed by atoms with Gasteiger partial charge in [0.05, 0.1) is 44.6 Å². The fourth-order valence-electron chi connectivity index (χ4n) is 8.75. The number of nitriles is 2. The number of benzene rings is 8. The molecule has 0 fully saturated rings. The molecule has 8 aromatic carbocycles. The second-order valence-electron chi connectivity index (χ2n) is 13.8. The fraction of sp³-hybridized carbons (Fsp3) is 0. The van der Waals surface area contributed by atoms with Crippen LogP contribution in [-0.4, -0.2) is 9.13 Å². The molecule has 0 saturated heterocycles. The molecule has 11 aromatic rings. The Bertz CT molecular complexity index is 3310. The summed E-state index contributed by atoms with van der Waals surface area (Å²) in [4.78, 5) is 0. The van der Waals surface area contributed by atoms with E-state index in [2.05, 4.69) is 149 Å². The van der Waals surface area contributed by atoms with Gasteiger partial charge in [0.25, 0.3) is 0 Å². The molecule has 0 unspecified atom stereocenters. The molecular formula is C50H28N4S. The van der Waals surface area contributed by atoms with Gasteiger partial charge >= 0.3 is 0 Å². The van der Waals surface area contributed by atoms with E-state index in [0.29, 0.717) is 16.8 Å². The van der Waals surface area contributed by atoms with E-state index in [4.69, 9.17) is 0 Å². The van der Waals surface area contributed by atoms with Gasteiger partial charge in [0.2, 0.25) is 0 Å². The number of rotatable bonds is 4. The van der Waals surface area contributed by atoms with Crippen LogP contribution in [0.3, 0.4) is 0 Å². The van der Waals surface area contributed by atoms with Gasteiger partial charge in [0.1, 0.15) is 12.1 Å². The average Bonchev–Trinajstić information content (AvgIpc) is 3.89. The standard InChI is InChI=1S/C50H28N4S/c51-29-39-47(31-15-3-1-4-16-31)50(53-41-23-11-7-19-33(41)34-20-8-12-24-42(34)53)48(32-17-5-2-6-18-32)40(30-52)49(39)54-43-25-13-9-21-35(43)37-27-38-36-22-10-14-26-45(36)55-46(38)28-44(37)54/h1-28H. The highest BCUT2D eigenvalue weighted by Gasteiger charge is 2.31. The van der Waals surface area contributed by atoms with Crippen LogP contribution in [0.5, 0.6) is 0 Å². The maximum atomic E-state index is 11.6. The molecule has 0 spiro atoms. The minimum absolute atomic E-state index is 0.443. The number of para-hydroxylation sites is 3. The van der Waals surface area contributed by atoms with Crippen LogP contribution in [0.15, 0.2) is 170 Å². The van der Waals surface area contributed by atoms with E-state index in [1.807, 2.05) is 42.5 Å². The third-order valence-corrected chi connectivity index (χ3v) is 12.1. The molecule has 3 heterocycles. The second kappa shape index (κ2) is 12.0. The van der Waals surface area contributed by atoms with E-state index in [1.54, 1.807) is 11.3 Å². The van der Waals surface area contributed by atoms with Crippen LogP contribution in [0, 0.1) is 22.7 Å². The van der Waals surface area contributed by atoms with Crippen LogP contribution in [0.4, 0.5) is 0 Å². The number of aromatic nitrogens is 2. The van der Waals surface area contributed by atoms with Crippen molar-refractivity contribution >= 4 is 75.1 Å². The van der Waals surface area contributed by atoms with Gasteiger partial charge in [-0.3, -0.25) is 0 Å². The lowest BCUT2D eigenvalue weighted by molar-refractivity contribution is 1.13. The lowest BCUT2D eigenvalue weighted by atomic mass is 9.86. The Hall–Kier alpha value is -7.44. The summed E-state index contributed by atoms with van der Waals surface area (Å²) in [5.74, 6) is 0. The van der Waals surface area contributed by atoms with Crippen molar-refractivity contribution in [3.05, 3.63) is 181 Å². The molecule has 4 nitrogen and oxygen atoms in total. The Morgan fingerprint density at radius 2 is 0.800 bits per heavy atom. The third-order valence-electron chi connectivity index (χ3n) is 11.0. The van der Waals surface area contributed by atoms with E-state index >= 15 is 0 Å². The fourth-order valence-corrected chi connectivity index (χ4v) is 9.87. The molecule has 11 rings (SSSR count). The van der Waals surface area contributed by atoms with Crippen molar-refractivity contribution in [2.24, 2.45) is 0 Å². The van der Waals surface area contributed by atoms with Crippen LogP contribution in [0.2, 0.25) is 0 Å². The number of hydrogen-bond donors (Lipinski definition) is 0. The van der Waals surface area contributed by atoms with Gasteiger partial charge in [0, 0.05) is 52.8 Å². The Morgan fingerprint density at radius 1 is 0.364 bits per heavy atom. The van der Waals surface area contributed by atoms with E-state index in [-0.39, 0.29) is 0 Å². The topological polar surface area (TPSA) is 57.4 Å². The summed E-state index contributed by atoms with van der Waals surface area (Å²) in [6, 6.07) is 64.0. The van der Waals surface area contributed by atoms with Crippen molar-refractivity contribution in [2.75, 3.05) is 0 Å². The van der Waals surface area contributed by atoms with Crippen LogP contribution in [-0.2, 0) is 0 Å². The zero-order valence-electron chi connectivity index (χ0n) is 29.4. The largest absolute Gasteiger partial charge is 0.308 e. The van der Waals surface area contributed by atoms with Crippen molar-refractivity contribution in [2.45, 2.75) is 0 Å². The molecule has 0 atom stereocenters. The van der Waals surface area contributed by atoms with Gasteiger partial charge in [-0.15, -0.1) is 11.3 Å². The molecular weight excluding hydrogens is 689 g/mol. The number of hydrogen-bond acceptors (Lipinski definition) is 3. The molecule has 0 N–H and O–H groups in total. The summed E-state index contributed by atoms with van der Waals surface area (Å²) in [5.41, 5.74) is 9.51. The first-order valence-electron chi connectivity index (χ1n) is 18.2.